The van der Waals surface area contributed by atoms with Gasteiger partial charge in [0.1, 0.15) is 0 Å². The maximum absolute atomic E-state index is 10.8. The van der Waals surface area contributed by atoms with Crippen molar-refractivity contribution in [3.05, 3.63) is 0 Å². The summed E-state index contributed by atoms with van der Waals surface area (Å²) >= 11 is 0. The van der Waals surface area contributed by atoms with Crippen molar-refractivity contribution in [1.29, 1.82) is 0 Å². The standard InChI is InChI=1S/C10H21O2P/c1-3-5-6-7-8-9-10(4-2)13(11)12/h10H,3-9H2,1-2H3/p+1. The first-order valence-corrected chi connectivity index (χ1v) is 6.65. The minimum atomic E-state index is -1.94. The predicted molar refractivity (Wildman–Crippen MR) is 57.3 cm³/mol. The maximum Gasteiger partial charge on any atom is 0.508 e. The van der Waals surface area contributed by atoms with Crippen LogP contribution in [0.4, 0.5) is 0 Å². The fourth-order valence-corrected chi connectivity index (χ4v) is 2.17. The van der Waals surface area contributed by atoms with Crippen LogP contribution in [0, 0.1) is 0 Å². The van der Waals surface area contributed by atoms with Crippen molar-refractivity contribution in [3.8, 4) is 0 Å². The second-order valence-electron chi connectivity index (χ2n) is 3.57. The summed E-state index contributed by atoms with van der Waals surface area (Å²) in [5.74, 6) is 0. The summed E-state index contributed by atoms with van der Waals surface area (Å²) in [6, 6.07) is 0. The Morgan fingerprint density at radius 1 is 1.15 bits per heavy atom. The van der Waals surface area contributed by atoms with Crippen molar-refractivity contribution >= 4 is 8.03 Å². The number of unbranched alkanes of at least 4 members (excludes halogenated alkanes) is 4. The van der Waals surface area contributed by atoms with Gasteiger partial charge in [0.15, 0.2) is 5.66 Å². The lowest BCUT2D eigenvalue weighted by atomic mass is 10.1. The first kappa shape index (κ1) is 13.1. The predicted octanol–water partition coefficient (Wildman–Crippen LogP) is 3.86. The van der Waals surface area contributed by atoms with Gasteiger partial charge >= 0.3 is 8.03 Å². The highest BCUT2D eigenvalue weighted by molar-refractivity contribution is 7.38. The molecule has 2 unspecified atom stereocenters. The molecule has 0 aromatic carbocycles. The first-order valence-electron chi connectivity index (χ1n) is 5.37. The molecule has 2 atom stereocenters. The van der Waals surface area contributed by atoms with E-state index >= 15 is 0 Å². The monoisotopic (exact) mass is 205 g/mol. The van der Waals surface area contributed by atoms with Gasteiger partial charge in [-0.3, -0.25) is 0 Å². The molecule has 3 heteroatoms. The van der Waals surface area contributed by atoms with Crippen LogP contribution < -0.4 is 0 Å². The highest BCUT2D eigenvalue weighted by atomic mass is 31.1. The van der Waals surface area contributed by atoms with E-state index in [1.807, 2.05) is 6.92 Å². The van der Waals surface area contributed by atoms with Gasteiger partial charge in [-0.05, 0) is 23.8 Å². The van der Waals surface area contributed by atoms with Crippen molar-refractivity contribution in [1.82, 2.24) is 0 Å². The highest BCUT2D eigenvalue weighted by Gasteiger charge is 2.25. The molecule has 13 heavy (non-hydrogen) atoms. The van der Waals surface area contributed by atoms with Crippen LogP contribution in [0.3, 0.4) is 0 Å². The van der Waals surface area contributed by atoms with Crippen LogP contribution in [-0.2, 0) is 4.57 Å². The molecule has 0 aliphatic rings. The topological polar surface area (TPSA) is 37.3 Å². The summed E-state index contributed by atoms with van der Waals surface area (Å²) in [7, 11) is -1.94. The van der Waals surface area contributed by atoms with Crippen LogP contribution in [0.5, 0.6) is 0 Å². The molecule has 0 saturated heterocycles. The van der Waals surface area contributed by atoms with E-state index in [9.17, 15) is 4.57 Å². The lowest BCUT2D eigenvalue weighted by Crippen LogP contribution is -1.99. The summed E-state index contributed by atoms with van der Waals surface area (Å²) in [6.07, 6.45) is 7.90. The minimum Gasteiger partial charge on any atom is -0.161 e. The highest BCUT2D eigenvalue weighted by Crippen LogP contribution is 2.29. The number of rotatable bonds is 8. The molecular weight excluding hydrogens is 183 g/mol. The summed E-state index contributed by atoms with van der Waals surface area (Å²) < 4.78 is 10.8. The fourth-order valence-electron chi connectivity index (χ4n) is 1.45. The third-order valence-electron chi connectivity index (χ3n) is 2.42. The van der Waals surface area contributed by atoms with E-state index in [0.29, 0.717) is 0 Å². The molecule has 0 aromatic heterocycles. The van der Waals surface area contributed by atoms with E-state index in [2.05, 4.69) is 6.92 Å². The molecule has 0 heterocycles. The largest absolute Gasteiger partial charge is 0.508 e. The van der Waals surface area contributed by atoms with Crippen LogP contribution in [0.15, 0.2) is 0 Å². The molecular formula is C10H22O2P+. The zero-order valence-electron chi connectivity index (χ0n) is 8.83. The summed E-state index contributed by atoms with van der Waals surface area (Å²) in [5, 5.41) is 0. The molecule has 78 valence electrons. The van der Waals surface area contributed by atoms with Gasteiger partial charge in [0.25, 0.3) is 0 Å². The first-order chi connectivity index (χ1) is 6.22. The Bertz CT molecular complexity index is 137. The normalized spacial score (nSPS) is 14.2. The fraction of sp³-hybridized carbons (Fsp3) is 1.00. The summed E-state index contributed by atoms with van der Waals surface area (Å²) in [4.78, 5) is 8.92. The van der Waals surface area contributed by atoms with Crippen LogP contribution >= 0.6 is 8.03 Å². The van der Waals surface area contributed by atoms with Gasteiger partial charge in [0.05, 0.1) is 0 Å². The van der Waals surface area contributed by atoms with E-state index in [0.717, 1.165) is 19.3 Å². The Hall–Kier alpha value is 0.0600. The third kappa shape index (κ3) is 7.16. The molecule has 0 fully saturated rings. The van der Waals surface area contributed by atoms with Crippen molar-refractivity contribution in [3.63, 3.8) is 0 Å². The number of hydrogen-bond acceptors (Lipinski definition) is 1. The Morgan fingerprint density at radius 2 is 1.77 bits per heavy atom. The molecule has 0 radical (unpaired) electrons. The average Bonchev–Trinajstić information content (AvgIpc) is 2.10. The maximum atomic E-state index is 10.8. The molecule has 0 aliphatic carbocycles. The van der Waals surface area contributed by atoms with Gasteiger partial charge in [-0.25, -0.2) is 0 Å². The van der Waals surface area contributed by atoms with E-state index < -0.39 is 8.03 Å². The van der Waals surface area contributed by atoms with Crippen LogP contribution in [0.25, 0.3) is 0 Å². The molecule has 0 bridgehead atoms. The van der Waals surface area contributed by atoms with Crippen LogP contribution in [0.2, 0.25) is 0 Å². The van der Waals surface area contributed by atoms with Gasteiger partial charge in [0, 0.05) is 0 Å². The third-order valence-corrected chi connectivity index (χ3v) is 3.67. The SMILES string of the molecule is CCCCCCCC(CC)[P+](=O)O. The van der Waals surface area contributed by atoms with Gasteiger partial charge in [0.2, 0.25) is 0 Å². The van der Waals surface area contributed by atoms with Crippen LogP contribution in [0.1, 0.15) is 58.8 Å². The number of hydrogen-bond donors (Lipinski definition) is 1. The van der Waals surface area contributed by atoms with Crippen molar-refractivity contribution in [2.24, 2.45) is 0 Å². The van der Waals surface area contributed by atoms with E-state index in [1.54, 1.807) is 0 Å². The average molecular weight is 205 g/mol. The lowest BCUT2D eigenvalue weighted by molar-refractivity contribution is 0.474. The van der Waals surface area contributed by atoms with Crippen molar-refractivity contribution in [2.75, 3.05) is 0 Å². The van der Waals surface area contributed by atoms with Crippen molar-refractivity contribution < 1.29 is 9.46 Å². The lowest BCUT2D eigenvalue weighted by Gasteiger charge is -2.01. The van der Waals surface area contributed by atoms with Gasteiger partial charge in [-0.2, -0.15) is 4.89 Å². The van der Waals surface area contributed by atoms with Crippen molar-refractivity contribution in [2.45, 2.75) is 64.5 Å². The summed E-state index contributed by atoms with van der Waals surface area (Å²) in [5.41, 5.74) is 0.0385. The molecule has 0 amide bonds. The molecule has 0 aromatic rings. The van der Waals surface area contributed by atoms with E-state index in [4.69, 9.17) is 4.89 Å². The Kier molecular flexibility index (Phi) is 8.69. The molecule has 1 N–H and O–H groups in total. The van der Waals surface area contributed by atoms with Gasteiger partial charge in [-0.15, -0.1) is 0 Å². The smallest absolute Gasteiger partial charge is 0.161 e. The molecule has 0 spiro atoms. The molecule has 2 nitrogen and oxygen atoms in total. The molecule has 0 aliphatic heterocycles. The minimum absolute atomic E-state index is 0.0385. The second-order valence-corrected chi connectivity index (χ2v) is 4.90. The van der Waals surface area contributed by atoms with Crippen LogP contribution in [-0.4, -0.2) is 10.6 Å². The Morgan fingerprint density at radius 3 is 2.23 bits per heavy atom. The molecule has 0 saturated carbocycles. The van der Waals surface area contributed by atoms with E-state index in [-0.39, 0.29) is 5.66 Å². The quantitative estimate of drug-likeness (QED) is 0.482. The Balaban J connectivity index is 3.33. The van der Waals surface area contributed by atoms with E-state index in [1.165, 1.54) is 25.7 Å². The zero-order chi connectivity index (χ0) is 10.1. The Labute approximate surface area is 82.6 Å². The van der Waals surface area contributed by atoms with Gasteiger partial charge < -0.3 is 0 Å². The summed E-state index contributed by atoms with van der Waals surface area (Å²) in [6.45, 7) is 4.18. The zero-order valence-corrected chi connectivity index (χ0v) is 9.72. The second kappa shape index (κ2) is 8.65. The molecule has 0 rings (SSSR count). The van der Waals surface area contributed by atoms with Gasteiger partial charge in [-0.1, -0.05) is 39.5 Å².